The SMILES string of the molecule is N=C(N)C1CCC2CC(C(=O)N3CCCC(F)(F)C3)N(CC3CCC(C(N)=O)CC3)C2C1. The second-order valence-corrected chi connectivity index (χ2v) is 10.6. The van der Waals surface area contributed by atoms with Crippen molar-refractivity contribution < 1.29 is 18.4 Å². The smallest absolute Gasteiger partial charge is 0.265 e. The lowest BCUT2D eigenvalue weighted by Crippen LogP contribution is -2.54. The molecule has 4 fully saturated rings. The standard InChI is InChI=1S/C23H37F2N5O2/c24-23(25)8-1-9-29(13-23)22(32)19-10-16-6-7-17(20(26)27)11-18(16)30(19)12-14-2-4-15(5-3-14)21(28)31/h14-19H,1-13H2,(H3,26,27)(H2,28,31). The van der Waals surface area contributed by atoms with Gasteiger partial charge in [-0.15, -0.1) is 0 Å². The Morgan fingerprint density at radius 1 is 1.00 bits per heavy atom. The molecule has 4 rings (SSSR count). The highest BCUT2D eigenvalue weighted by molar-refractivity contribution is 5.83. The average molecular weight is 454 g/mol. The van der Waals surface area contributed by atoms with Crippen LogP contribution in [-0.4, -0.2) is 65.1 Å². The fourth-order valence-corrected chi connectivity index (χ4v) is 6.62. The zero-order valence-corrected chi connectivity index (χ0v) is 18.8. The van der Waals surface area contributed by atoms with Crippen LogP contribution in [0.5, 0.6) is 0 Å². The number of carbonyl (C=O) groups is 2. The number of nitrogens with zero attached hydrogens (tertiary/aromatic N) is 2. The first kappa shape index (κ1) is 23.4. The first-order valence-electron chi connectivity index (χ1n) is 12.2. The van der Waals surface area contributed by atoms with Crippen molar-refractivity contribution in [1.29, 1.82) is 5.41 Å². The first-order valence-corrected chi connectivity index (χ1v) is 12.2. The molecule has 2 heterocycles. The maximum Gasteiger partial charge on any atom is 0.265 e. The number of hydrogen-bond donors (Lipinski definition) is 3. The van der Waals surface area contributed by atoms with Crippen LogP contribution >= 0.6 is 0 Å². The van der Waals surface area contributed by atoms with Gasteiger partial charge in [-0.25, -0.2) is 8.78 Å². The maximum absolute atomic E-state index is 14.0. The van der Waals surface area contributed by atoms with Crippen LogP contribution in [0.4, 0.5) is 8.78 Å². The number of fused-ring (bicyclic) bond motifs is 1. The highest BCUT2D eigenvalue weighted by Crippen LogP contribution is 2.44. The molecule has 2 aliphatic heterocycles. The third-order valence-corrected chi connectivity index (χ3v) is 8.46. The molecule has 7 nitrogen and oxygen atoms in total. The molecule has 2 saturated carbocycles. The van der Waals surface area contributed by atoms with Crippen molar-refractivity contribution in [3.63, 3.8) is 0 Å². The molecule has 4 aliphatic rings. The van der Waals surface area contributed by atoms with Gasteiger partial charge in [0.15, 0.2) is 0 Å². The third kappa shape index (κ3) is 4.92. The highest BCUT2D eigenvalue weighted by atomic mass is 19.3. The van der Waals surface area contributed by atoms with Gasteiger partial charge in [0.25, 0.3) is 5.92 Å². The normalized spacial score (nSPS) is 37.6. The molecule has 0 aromatic rings. The van der Waals surface area contributed by atoms with E-state index in [1.165, 1.54) is 4.90 Å². The van der Waals surface area contributed by atoms with Crippen molar-refractivity contribution in [2.75, 3.05) is 19.6 Å². The van der Waals surface area contributed by atoms with Crippen molar-refractivity contribution in [1.82, 2.24) is 9.80 Å². The first-order chi connectivity index (χ1) is 15.1. The summed E-state index contributed by atoms with van der Waals surface area (Å²) < 4.78 is 28.1. The van der Waals surface area contributed by atoms with E-state index < -0.39 is 12.5 Å². The largest absolute Gasteiger partial charge is 0.387 e. The predicted octanol–water partition coefficient (Wildman–Crippen LogP) is 2.33. The Kier molecular flexibility index (Phi) is 6.75. The summed E-state index contributed by atoms with van der Waals surface area (Å²) in [5.74, 6) is -2.34. The topological polar surface area (TPSA) is 117 Å². The minimum Gasteiger partial charge on any atom is -0.387 e. The molecule has 180 valence electrons. The summed E-state index contributed by atoms with van der Waals surface area (Å²) in [7, 11) is 0. The number of primary amides is 1. The number of rotatable bonds is 5. The Balaban J connectivity index is 1.50. The third-order valence-electron chi connectivity index (χ3n) is 8.46. The number of halogens is 2. The van der Waals surface area contributed by atoms with Crippen LogP contribution < -0.4 is 11.5 Å². The van der Waals surface area contributed by atoms with E-state index in [2.05, 4.69) is 4.90 Å². The Hall–Kier alpha value is -1.77. The zero-order chi connectivity index (χ0) is 23.0. The van der Waals surface area contributed by atoms with E-state index in [9.17, 15) is 18.4 Å². The van der Waals surface area contributed by atoms with Crippen LogP contribution in [0.15, 0.2) is 0 Å². The predicted molar refractivity (Wildman–Crippen MR) is 117 cm³/mol. The number of amides is 2. The van der Waals surface area contributed by atoms with E-state index >= 15 is 0 Å². The molecule has 5 N–H and O–H groups in total. The van der Waals surface area contributed by atoms with Gasteiger partial charge in [-0.1, -0.05) is 0 Å². The lowest BCUT2D eigenvalue weighted by atomic mass is 9.77. The molecule has 2 saturated heterocycles. The summed E-state index contributed by atoms with van der Waals surface area (Å²) in [5, 5.41) is 7.92. The van der Waals surface area contributed by atoms with Gasteiger partial charge in [0, 0.05) is 37.4 Å². The summed E-state index contributed by atoms with van der Waals surface area (Å²) in [4.78, 5) is 28.6. The van der Waals surface area contributed by atoms with Crippen LogP contribution in [0.3, 0.4) is 0 Å². The van der Waals surface area contributed by atoms with E-state index in [0.717, 1.165) is 51.5 Å². The van der Waals surface area contributed by atoms with Gasteiger partial charge >= 0.3 is 0 Å². The van der Waals surface area contributed by atoms with Gasteiger partial charge in [-0.3, -0.25) is 19.9 Å². The Morgan fingerprint density at radius 3 is 2.31 bits per heavy atom. The van der Waals surface area contributed by atoms with Gasteiger partial charge in [-0.05, 0) is 69.6 Å². The van der Waals surface area contributed by atoms with E-state index in [1.54, 1.807) is 0 Å². The van der Waals surface area contributed by atoms with E-state index in [-0.39, 0.29) is 48.0 Å². The Morgan fingerprint density at radius 2 is 1.69 bits per heavy atom. The van der Waals surface area contributed by atoms with Crippen LogP contribution in [-0.2, 0) is 9.59 Å². The molecular formula is C23H37F2N5O2. The summed E-state index contributed by atoms with van der Waals surface area (Å²) in [6.45, 7) is 0.650. The molecule has 0 aromatic heterocycles. The minimum absolute atomic E-state index is 0.0255. The van der Waals surface area contributed by atoms with Crippen molar-refractivity contribution in [2.24, 2.45) is 35.1 Å². The summed E-state index contributed by atoms with van der Waals surface area (Å²) in [6.07, 6.45) is 6.74. The molecule has 0 bridgehead atoms. The van der Waals surface area contributed by atoms with E-state index in [1.807, 2.05) is 0 Å². The van der Waals surface area contributed by atoms with Crippen molar-refractivity contribution in [3.8, 4) is 0 Å². The lowest BCUT2D eigenvalue weighted by Gasteiger charge is -2.41. The molecule has 9 heteroatoms. The second-order valence-electron chi connectivity index (χ2n) is 10.6. The fourth-order valence-electron chi connectivity index (χ4n) is 6.62. The minimum atomic E-state index is -2.81. The zero-order valence-electron chi connectivity index (χ0n) is 18.8. The molecule has 4 unspecified atom stereocenters. The van der Waals surface area contributed by atoms with Crippen LogP contribution in [0, 0.1) is 29.1 Å². The Labute approximate surface area is 188 Å². The van der Waals surface area contributed by atoms with Gasteiger partial charge in [0.2, 0.25) is 11.8 Å². The summed E-state index contributed by atoms with van der Waals surface area (Å²) in [6, 6.07) is -0.218. The van der Waals surface area contributed by atoms with E-state index in [0.29, 0.717) is 31.2 Å². The number of nitrogens with two attached hydrogens (primary N) is 2. The van der Waals surface area contributed by atoms with Gasteiger partial charge < -0.3 is 16.4 Å². The van der Waals surface area contributed by atoms with Crippen LogP contribution in [0.2, 0.25) is 0 Å². The molecule has 0 aromatic carbocycles. The maximum atomic E-state index is 14.0. The molecule has 32 heavy (non-hydrogen) atoms. The van der Waals surface area contributed by atoms with Crippen molar-refractivity contribution in [2.45, 2.75) is 82.2 Å². The number of carbonyl (C=O) groups excluding carboxylic acids is 2. The van der Waals surface area contributed by atoms with Crippen molar-refractivity contribution in [3.05, 3.63) is 0 Å². The molecule has 0 radical (unpaired) electrons. The molecule has 4 atom stereocenters. The number of alkyl halides is 2. The quantitative estimate of drug-likeness (QED) is 0.437. The Bertz CT molecular complexity index is 740. The highest BCUT2D eigenvalue weighted by Gasteiger charge is 2.50. The number of nitrogens with one attached hydrogen (secondary N) is 1. The second kappa shape index (κ2) is 9.23. The van der Waals surface area contributed by atoms with Crippen LogP contribution in [0.1, 0.15) is 64.2 Å². The number of piperidine rings is 1. The number of amidine groups is 1. The van der Waals surface area contributed by atoms with Gasteiger partial charge in [0.1, 0.15) is 0 Å². The molecule has 2 aliphatic carbocycles. The molecule has 0 spiro atoms. The van der Waals surface area contributed by atoms with Crippen molar-refractivity contribution >= 4 is 17.6 Å². The number of likely N-dealkylation sites (tertiary alicyclic amines) is 2. The monoisotopic (exact) mass is 453 g/mol. The van der Waals surface area contributed by atoms with E-state index in [4.69, 9.17) is 16.9 Å². The lowest BCUT2D eigenvalue weighted by molar-refractivity contribution is -0.147. The average Bonchev–Trinajstić information content (AvgIpc) is 3.10. The van der Waals surface area contributed by atoms with Gasteiger partial charge in [-0.2, -0.15) is 0 Å². The number of hydrogen-bond acceptors (Lipinski definition) is 4. The molecular weight excluding hydrogens is 416 g/mol. The molecule has 2 amide bonds. The summed E-state index contributed by atoms with van der Waals surface area (Å²) in [5.41, 5.74) is 11.3. The van der Waals surface area contributed by atoms with Crippen LogP contribution in [0.25, 0.3) is 0 Å². The fraction of sp³-hybridized carbons (Fsp3) is 0.870. The van der Waals surface area contributed by atoms with Gasteiger partial charge in [0.05, 0.1) is 18.4 Å². The summed E-state index contributed by atoms with van der Waals surface area (Å²) >= 11 is 0.